The van der Waals surface area contributed by atoms with Crippen molar-refractivity contribution in [3.63, 3.8) is 0 Å². The summed E-state index contributed by atoms with van der Waals surface area (Å²) in [7, 11) is 2.79. The van der Waals surface area contributed by atoms with Crippen molar-refractivity contribution in [1.29, 1.82) is 0 Å². The molecule has 1 aromatic rings. The molecule has 0 bridgehead atoms. The fourth-order valence-electron chi connectivity index (χ4n) is 5.16. The van der Waals surface area contributed by atoms with Crippen LogP contribution in [0.3, 0.4) is 0 Å². The number of nitrogens with zero attached hydrogens (tertiary/aromatic N) is 1. The summed E-state index contributed by atoms with van der Waals surface area (Å²) in [4.78, 5) is 66.1. The molecule has 0 aromatic heterocycles. The number of hydrogen-bond donors (Lipinski definition) is 2. The minimum atomic E-state index is -1.11. The molecule has 202 valence electrons. The Morgan fingerprint density at radius 1 is 1.14 bits per heavy atom. The average molecular weight is 516 g/mol. The molecule has 3 rings (SSSR count). The van der Waals surface area contributed by atoms with E-state index in [0.29, 0.717) is 25.1 Å². The molecule has 2 heterocycles. The van der Waals surface area contributed by atoms with Gasteiger partial charge in [-0.05, 0) is 30.7 Å². The number of methoxy groups -OCH3 is 2. The molecular formula is C27H37N3O7. The summed E-state index contributed by atoms with van der Waals surface area (Å²) in [6, 6.07) is 6.81. The highest BCUT2D eigenvalue weighted by Gasteiger charge is 2.46. The summed E-state index contributed by atoms with van der Waals surface area (Å²) < 4.78 is 10.1. The first kappa shape index (κ1) is 28.3. The Kier molecular flexibility index (Phi) is 9.79. The molecule has 0 aliphatic carbocycles. The molecule has 37 heavy (non-hydrogen) atoms. The van der Waals surface area contributed by atoms with Crippen LogP contribution in [0.25, 0.3) is 0 Å². The topological polar surface area (TPSA) is 131 Å². The molecule has 10 nitrogen and oxygen atoms in total. The number of imide groups is 1. The van der Waals surface area contributed by atoms with Gasteiger partial charge in [-0.1, -0.05) is 44.2 Å². The number of hydrogen-bond acceptors (Lipinski definition) is 7. The van der Waals surface area contributed by atoms with Gasteiger partial charge < -0.3 is 20.1 Å². The highest BCUT2D eigenvalue weighted by molar-refractivity contribution is 6.09. The van der Waals surface area contributed by atoms with Crippen molar-refractivity contribution < 1.29 is 33.4 Å². The summed E-state index contributed by atoms with van der Waals surface area (Å²) in [5.41, 5.74) is 0.716. The van der Waals surface area contributed by atoms with E-state index in [9.17, 15) is 24.0 Å². The normalized spacial score (nSPS) is 23.5. The lowest BCUT2D eigenvalue weighted by Gasteiger charge is -2.32. The number of piperidine rings is 1. The van der Waals surface area contributed by atoms with E-state index in [1.54, 1.807) is 31.4 Å². The van der Waals surface area contributed by atoms with E-state index in [4.69, 9.17) is 9.47 Å². The smallest absolute Gasteiger partial charge is 0.328 e. The fraction of sp³-hybridized carbons (Fsp3) is 0.593. The summed E-state index contributed by atoms with van der Waals surface area (Å²) in [6.45, 7) is 4.72. The second kappa shape index (κ2) is 12.8. The largest absolute Gasteiger partial charge is 0.467 e. The van der Waals surface area contributed by atoms with E-state index in [1.165, 1.54) is 7.11 Å². The van der Waals surface area contributed by atoms with Gasteiger partial charge in [0.05, 0.1) is 19.6 Å². The third-order valence-corrected chi connectivity index (χ3v) is 6.97. The Morgan fingerprint density at radius 3 is 2.46 bits per heavy atom. The highest BCUT2D eigenvalue weighted by atomic mass is 16.5. The van der Waals surface area contributed by atoms with Crippen LogP contribution in [-0.2, 0) is 33.4 Å². The van der Waals surface area contributed by atoms with Gasteiger partial charge in [0, 0.05) is 31.9 Å². The first-order valence-corrected chi connectivity index (χ1v) is 12.7. The van der Waals surface area contributed by atoms with E-state index in [1.807, 2.05) is 19.9 Å². The molecule has 2 N–H and O–H groups in total. The zero-order valence-electron chi connectivity index (χ0n) is 21.9. The Labute approximate surface area is 217 Å². The molecular weight excluding hydrogens is 478 g/mol. The second-order valence-electron chi connectivity index (χ2n) is 10.2. The van der Waals surface area contributed by atoms with Gasteiger partial charge in [-0.25, -0.2) is 4.79 Å². The lowest BCUT2D eigenvalue weighted by molar-refractivity contribution is -0.150. The predicted octanol–water partition coefficient (Wildman–Crippen LogP) is 1.39. The van der Waals surface area contributed by atoms with Crippen LogP contribution in [0.2, 0.25) is 0 Å². The number of likely N-dealkylation sites (tertiary alicyclic amines) is 1. The fourth-order valence-corrected chi connectivity index (χ4v) is 5.16. The number of amides is 4. The minimum absolute atomic E-state index is 0.0115. The number of benzene rings is 1. The molecule has 0 radical (unpaired) electrons. The van der Waals surface area contributed by atoms with Crippen LogP contribution in [0.15, 0.2) is 30.3 Å². The molecule has 4 amide bonds. The van der Waals surface area contributed by atoms with Crippen LogP contribution >= 0.6 is 0 Å². The van der Waals surface area contributed by atoms with Crippen molar-refractivity contribution in [3.05, 3.63) is 35.9 Å². The SMILES string of the molecule is COCC1CNC(=O)[C@H](C[C@H](NC(=O)[C@H](CC(C)C)N2C(=O)C[C@H](c3ccccc3)C2=O)C(=O)OC)C1. The number of esters is 1. The van der Waals surface area contributed by atoms with Crippen LogP contribution < -0.4 is 10.6 Å². The van der Waals surface area contributed by atoms with Gasteiger partial charge in [-0.15, -0.1) is 0 Å². The summed E-state index contributed by atoms with van der Waals surface area (Å²) in [6.07, 6.45) is 0.751. The standard InChI is InChI=1S/C27H37N3O7/c1-16(2)10-22(30-23(31)13-20(26(30)34)18-8-6-5-7-9-18)25(33)29-21(27(35)37-4)12-19-11-17(15-36-3)14-28-24(19)32/h5-9,16-17,19-22H,10-15H2,1-4H3,(H,28,32)(H,29,33)/t17?,19-,20+,21-,22-/m0/s1. The first-order chi connectivity index (χ1) is 17.7. The molecule has 0 saturated carbocycles. The maximum atomic E-state index is 13.5. The van der Waals surface area contributed by atoms with Crippen molar-refractivity contribution >= 4 is 29.6 Å². The van der Waals surface area contributed by atoms with Crippen LogP contribution in [0, 0.1) is 17.8 Å². The van der Waals surface area contributed by atoms with Gasteiger partial charge in [0.2, 0.25) is 23.6 Å². The Morgan fingerprint density at radius 2 is 1.84 bits per heavy atom. The van der Waals surface area contributed by atoms with E-state index >= 15 is 0 Å². The van der Waals surface area contributed by atoms with Gasteiger partial charge in [-0.2, -0.15) is 0 Å². The van der Waals surface area contributed by atoms with E-state index in [-0.39, 0.29) is 37.0 Å². The molecule has 1 unspecified atom stereocenters. The average Bonchev–Trinajstić information content (AvgIpc) is 3.17. The maximum absolute atomic E-state index is 13.5. The van der Waals surface area contributed by atoms with E-state index in [0.717, 1.165) is 4.90 Å². The molecule has 1 aromatic carbocycles. The first-order valence-electron chi connectivity index (χ1n) is 12.7. The Hall–Kier alpha value is -3.27. The van der Waals surface area contributed by atoms with Crippen molar-refractivity contribution in [1.82, 2.24) is 15.5 Å². The Bertz CT molecular complexity index is 997. The third-order valence-electron chi connectivity index (χ3n) is 6.97. The number of ether oxygens (including phenoxy) is 2. The van der Waals surface area contributed by atoms with Gasteiger partial charge in [0.1, 0.15) is 12.1 Å². The zero-order valence-corrected chi connectivity index (χ0v) is 21.9. The zero-order chi connectivity index (χ0) is 27.1. The summed E-state index contributed by atoms with van der Waals surface area (Å²) >= 11 is 0. The van der Waals surface area contributed by atoms with E-state index < -0.39 is 47.6 Å². The molecule has 2 fully saturated rings. The predicted molar refractivity (Wildman–Crippen MR) is 134 cm³/mol. The van der Waals surface area contributed by atoms with Gasteiger partial charge in [0.25, 0.3) is 0 Å². The molecule has 5 atom stereocenters. The lowest BCUT2D eigenvalue weighted by Crippen LogP contribution is -2.55. The quantitative estimate of drug-likeness (QED) is 0.336. The number of nitrogens with one attached hydrogen (secondary N) is 2. The number of carbonyl (C=O) groups excluding carboxylic acids is 5. The van der Waals surface area contributed by atoms with Crippen LogP contribution in [0.5, 0.6) is 0 Å². The van der Waals surface area contributed by atoms with Crippen molar-refractivity contribution in [3.8, 4) is 0 Å². The van der Waals surface area contributed by atoms with Crippen molar-refractivity contribution in [2.45, 2.75) is 57.5 Å². The molecule has 2 aliphatic heterocycles. The second-order valence-corrected chi connectivity index (χ2v) is 10.2. The number of rotatable bonds is 11. The number of carbonyl (C=O) groups is 5. The monoisotopic (exact) mass is 515 g/mol. The summed E-state index contributed by atoms with van der Waals surface area (Å²) in [5, 5.41) is 5.52. The summed E-state index contributed by atoms with van der Waals surface area (Å²) in [5.74, 6) is -3.49. The third kappa shape index (κ3) is 6.94. The molecule has 10 heteroatoms. The van der Waals surface area contributed by atoms with Gasteiger partial charge in [0.15, 0.2) is 0 Å². The van der Waals surface area contributed by atoms with Gasteiger partial charge >= 0.3 is 5.97 Å². The lowest BCUT2D eigenvalue weighted by atomic mass is 9.85. The minimum Gasteiger partial charge on any atom is -0.467 e. The van der Waals surface area contributed by atoms with Crippen molar-refractivity contribution in [2.75, 3.05) is 27.4 Å². The van der Waals surface area contributed by atoms with Crippen molar-refractivity contribution in [2.24, 2.45) is 17.8 Å². The Balaban J connectivity index is 1.80. The van der Waals surface area contributed by atoms with E-state index in [2.05, 4.69) is 10.6 Å². The molecule has 2 aliphatic rings. The van der Waals surface area contributed by atoms with Gasteiger partial charge in [-0.3, -0.25) is 24.1 Å². The highest BCUT2D eigenvalue weighted by Crippen LogP contribution is 2.32. The molecule has 2 saturated heterocycles. The maximum Gasteiger partial charge on any atom is 0.328 e. The van der Waals surface area contributed by atoms with Crippen LogP contribution in [-0.4, -0.2) is 74.0 Å². The van der Waals surface area contributed by atoms with Crippen LogP contribution in [0.1, 0.15) is 51.0 Å². The molecule has 0 spiro atoms. The van der Waals surface area contributed by atoms with Crippen LogP contribution in [0.4, 0.5) is 0 Å².